The molecule has 0 amide bonds. The molecule has 0 radical (unpaired) electrons. The summed E-state index contributed by atoms with van der Waals surface area (Å²) in [4.78, 5) is 10.5. The van der Waals surface area contributed by atoms with Crippen LogP contribution >= 0.6 is 11.6 Å². The van der Waals surface area contributed by atoms with E-state index in [9.17, 15) is 9.90 Å². The van der Waals surface area contributed by atoms with Crippen LogP contribution in [0.2, 0.25) is 5.02 Å². The van der Waals surface area contributed by atoms with Gasteiger partial charge in [0.25, 0.3) is 0 Å². The van der Waals surface area contributed by atoms with E-state index < -0.39 is 5.97 Å². The van der Waals surface area contributed by atoms with E-state index in [0.717, 1.165) is 5.56 Å². The first-order valence-electron chi connectivity index (χ1n) is 4.15. The summed E-state index contributed by atoms with van der Waals surface area (Å²) in [5.41, 5.74) is 1.04. The Morgan fingerprint density at radius 1 is 1.38 bits per heavy atom. The van der Waals surface area contributed by atoms with Crippen molar-refractivity contribution in [2.45, 2.75) is 12.3 Å². The van der Waals surface area contributed by atoms with Crippen LogP contribution in [-0.2, 0) is 4.79 Å². The van der Waals surface area contributed by atoms with Crippen LogP contribution in [0.15, 0.2) is 24.3 Å². The molecule has 1 fully saturated rings. The summed E-state index contributed by atoms with van der Waals surface area (Å²) in [6.07, 6.45) is 0.698. The van der Waals surface area contributed by atoms with Crippen molar-refractivity contribution in [3.8, 4) is 0 Å². The highest BCUT2D eigenvalue weighted by Gasteiger charge is 2.39. The lowest BCUT2D eigenvalue weighted by Crippen LogP contribution is -2.24. The molecule has 0 unspecified atom stereocenters. The van der Waals surface area contributed by atoms with E-state index in [1.165, 1.54) is 0 Å². The van der Waals surface area contributed by atoms with Crippen LogP contribution in [0.5, 0.6) is 0 Å². The summed E-state index contributed by atoms with van der Waals surface area (Å²) < 4.78 is 0. The third-order valence-corrected chi connectivity index (χ3v) is 2.64. The molecule has 0 spiro atoms. The van der Waals surface area contributed by atoms with E-state index in [0.29, 0.717) is 11.4 Å². The maximum atomic E-state index is 10.5. The molecule has 3 heteroatoms. The van der Waals surface area contributed by atoms with Crippen molar-refractivity contribution in [1.82, 2.24) is 0 Å². The number of halogens is 1. The van der Waals surface area contributed by atoms with E-state index >= 15 is 0 Å². The number of hydrogen-bond donors (Lipinski definition) is 0. The van der Waals surface area contributed by atoms with Crippen molar-refractivity contribution in [2.24, 2.45) is 5.92 Å². The van der Waals surface area contributed by atoms with E-state index in [2.05, 4.69) is 0 Å². The smallest absolute Gasteiger partial charge is 0.0451 e. The number of carbonyl (C=O) groups excluding carboxylic acids is 1. The minimum absolute atomic E-state index is 0.141. The summed E-state index contributed by atoms with van der Waals surface area (Å²) in [5, 5.41) is 11.2. The summed E-state index contributed by atoms with van der Waals surface area (Å²) in [6.45, 7) is 0. The highest BCUT2D eigenvalue weighted by molar-refractivity contribution is 6.30. The average molecular weight is 196 g/mol. The van der Waals surface area contributed by atoms with Gasteiger partial charge in [0, 0.05) is 16.9 Å². The van der Waals surface area contributed by atoms with Crippen molar-refractivity contribution >= 4 is 17.6 Å². The zero-order chi connectivity index (χ0) is 9.42. The summed E-state index contributed by atoms with van der Waals surface area (Å²) in [5.74, 6) is -1.09. The molecule has 1 saturated carbocycles. The van der Waals surface area contributed by atoms with Crippen LogP contribution in [0.3, 0.4) is 0 Å². The Balaban J connectivity index is 2.12. The van der Waals surface area contributed by atoms with E-state index in [1.54, 1.807) is 12.1 Å². The van der Waals surface area contributed by atoms with Gasteiger partial charge in [0.2, 0.25) is 0 Å². The first-order valence-corrected chi connectivity index (χ1v) is 4.52. The molecule has 1 aliphatic carbocycles. The van der Waals surface area contributed by atoms with Crippen molar-refractivity contribution in [1.29, 1.82) is 0 Å². The van der Waals surface area contributed by atoms with E-state index in [1.807, 2.05) is 12.1 Å². The minimum Gasteiger partial charge on any atom is -0.550 e. The van der Waals surface area contributed by atoms with Crippen LogP contribution < -0.4 is 5.11 Å². The van der Waals surface area contributed by atoms with Gasteiger partial charge in [-0.3, -0.25) is 0 Å². The molecule has 0 N–H and O–H groups in total. The van der Waals surface area contributed by atoms with Gasteiger partial charge in [-0.15, -0.1) is 0 Å². The molecule has 1 aromatic carbocycles. The molecule has 1 aromatic rings. The van der Waals surface area contributed by atoms with Crippen LogP contribution in [0, 0.1) is 5.92 Å². The highest BCUT2D eigenvalue weighted by Crippen LogP contribution is 2.47. The number of carboxylic acids is 1. The van der Waals surface area contributed by atoms with Crippen LogP contribution in [0.4, 0.5) is 0 Å². The Bertz CT molecular complexity index is 331. The Morgan fingerprint density at radius 2 is 2.00 bits per heavy atom. The van der Waals surface area contributed by atoms with Crippen LogP contribution in [0.25, 0.3) is 0 Å². The topological polar surface area (TPSA) is 40.1 Å². The number of rotatable bonds is 2. The van der Waals surface area contributed by atoms with Crippen LogP contribution in [-0.4, -0.2) is 5.97 Å². The molecular formula is C10H8ClO2-. The fraction of sp³-hybridized carbons (Fsp3) is 0.300. The number of carbonyl (C=O) groups is 1. The van der Waals surface area contributed by atoms with E-state index in [-0.39, 0.29) is 11.8 Å². The quantitative estimate of drug-likeness (QED) is 0.712. The fourth-order valence-corrected chi connectivity index (χ4v) is 1.66. The third kappa shape index (κ3) is 1.68. The summed E-state index contributed by atoms with van der Waals surface area (Å²) in [7, 11) is 0. The van der Waals surface area contributed by atoms with Crippen molar-refractivity contribution in [3.63, 3.8) is 0 Å². The molecule has 1 aliphatic rings. The van der Waals surface area contributed by atoms with Crippen molar-refractivity contribution in [2.75, 3.05) is 0 Å². The molecule has 2 rings (SSSR count). The lowest BCUT2D eigenvalue weighted by molar-refractivity contribution is -0.308. The molecule has 0 heterocycles. The summed E-state index contributed by atoms with van der Waals surface area (Å²) >= 11 is 5.71. The van der Waals surface area contributed by atoms with Crippen molar-refractivity contribution in [3.05, 3.63) is 34.9 Å². The first-order chi connectivity index (χ1) is 6.18. The Morgan fingerprint density at radius 3 is 2.46 bits per heavy atom. The molecule has 0 bridgehead atoms. The molecule has 0 saturated heterocycles. The SMILES string of the molecule is O=C([O-])[C@H]1C[C@@H]1c1ccc(Cl)cc1. The Labute approximate surface area is 81.1 Å². The maximum Gasteiger partial charge on any atom is 0.0451 e. The predicted octanol–water partition coefficient (Wildman–Crippen LogP) is 1.19. The molecule has 2 nitrogen and oxygen atoms in total. The largest absolute Gasteiger partial charge is 0.550 e. The van der Waals surface area contributed by atoms with Gasteiger partial charge < -0.3 is 9.90 Å². The Kier molecular flexibility index (Phi) is 2.00. The van der Waals surface area contributed by atoms with Gasteiger partial charge >= 0.3 is 0 Å². The van der Waals surface area contributed by atoms with Gasteiger partial charge in [-0.25, -0.2) is 0 Å². The normalized spacial score (nSPS) is 25.6. The van der Waals surface area contributed by atoms with Crippen LogP contribution in [0.1, 0.15) is 17.9 Å². The molecule has 0 aromatic heterocycles. The number of carboxylic acid groups (broad SMARTS) is 1. The monoisotopic (exact) mass is 195 g/mol. The lowest BCUT2D eigenvalue weighted by atomic mass is 10.1. The van der Waals surface area contributed by atoms with Gasteiger partial charge in [0.15, 0.2) is 0 Å². The average Bonchev–Trinajstić information content (AvgIpc) is 2.85. The number of benzene rings is 1. The minimum atomic E-state index is -0.944. The van der Waals surface area contributed by atoms with Gasteiger partial charge in [-0.2, -0.15) is 0 Å². The second-order valence-electron chi connectivity index (χ2n) is 3.32. The van der Waals surface area contributed by atoms with Gasteiger partial charge in [-0.1, -0.05) is 23.7 Å². The standard InChI is InChI=1S/C10H9ClO2/c11-7-3-1-6(2-4-7)8-5-9(8)10(12)13/h1-4,8-9H,5H2,(H,12,13)/p-1/t8-,9+/m1/s1. The van der Waals surface area contributed by atoms with E-state index in [4.69, 9.17) is 11.6 Å². The summed E-state index contributed by atoms with van der Waals surface area (Å²) in [6, 6.07) is 7.30. The lowest BCUT2D eigenvalue weighted by Gasteiger charge is -2.01. The number of aliphatic carboxylic acids is 1. The fourth-order valence-electron chi connectivity index (χ4n) is 1.53. The van der Waals surface area contributed by atoms with Gasteiger partial charge in [-0.05, 0) is 30.0 Å². The second-order valence-corrected chi connectivity index (χ2v) is 3.76. The molecule has 0 aliphatic heterocycles. The van der Waals surface area contributed by atoms with Gasteiger partial charge in [0.1, 0.15) is 0 Å². The maximum absolute atomic E-state index is 10.5. The third-order valence-electron chi connectivity index (χ3n) is 2.39. The van der Waals surface area contributed by atoms with Gasteiger partial charge in [0.05, 0.1) is 0 Å². The highest BCUT2D eigenvalue weighted by atomic mass is 35.5. The zero-order valence-corrected chi connectivity index (χ0v) is 7.62. The second kappa shape index (κ2) is 3.04. The first kappa shape index (κ1) is 8.57. The molecule has 2 atom stereocenters. The number of hydrogen-bond acceptors (Lipinski definition) is 2. The molecule has 68 valence electrons. The molecular weight excluding hydrogens is 188 g/mol. The predicted molar refractivity (Wildman–Crippen MR) is 47.3 cm³/mol. The molecule has 13 heavy (non-hydrogen) atoms. The zero-order valence-electron chi connectivity index (χ0n) is 6.87. The van der Waals surface area contributed by atoms with Crippen molar-refractivity contribution < 1.29 is 9.90 Å². The Hall–Kier alpha value is -1.02.